The van der Waals surface area contributed by atoms with Gasteiger partial charge in [0.2, 0.25) is 6.10 Å². The summed E-state index contributed by atoms with van der Waals surface area (Å²) in [6.45, 7) is -0.0402. The van der Waals surface area contributed by atoms with Gasteiger partial charge in [0.15, 0.2) is 11.5 Å². The number of benzene rings is 3. The molecule has 1 aliphatic heterocycles. The van der Waals surface area contributed by atoms with Crippen LogP contribution in [0.2, 0.25) is 0 Å². The lowest BCUT2D eigenvalue weighted by Crippen LogP contribution is -2.50. The number of fused-ring (bicyclic) bond motifs is 1. The van der Waals surface area contributed by atoms with E-state index in [4.69, 9.17) is 9.47 Å². The zero-order valence-electron chi connectivity index (χ0n) is 16.9. The smallest absolute Gasteiger partial charge is 0.283 e. The van der Waals surface area contributed by atoms with Gasteiger partial charge in [-0.25, -0.2) is 12.8 Å². The molecule has 0 fully saturated rings. The number of rotatable bonds is 5. The summed E-state index contributed by atoms with van der Waals surface area (Å²) in [6, 6.07) is 16.8. The molecular formula is C22H18FN3O6S. The molecular weight excluding hydrogens is 453 g/mol. The quantitative estimate of drug-likeness (QED) is 0.491. The van der Waals surface area contributed by atoms with Crippen LogP contribution in [0, 0.1) is 5.82 Å². The number of halogens is 1. The predicted molar refractivity (Wildman–Crippen MR) is 116 cm³/mol. The van der Waals surface area contributed by atoms with Crippen molar-refractivity contribution in [3.63, 3.8) is 0 Å². The van der Waals surface area contributed by atoms with Crippen molar-refractivity contribution < 1.29 is 31.9 Å². The van der Waals surface area contributed by atoms with E-state index in [0.29, 0.717) is 11.5 Å². The molecule has 33 heavy (non-hydrogen) atoms. The molecule has 1 atom stereocenters. The van der Waals surface area contributed by atoms with E-state index in [1.54, 1.807) is 24.3 Å². The number of sulfonamides is 1. The molecule has 3 N–H and O–H groups in total. The lowest BCUT2D eigenvalue weighted by atomic mass is 10.2. The average Bonchev–Trinajstić information content (AvgIpc) is 2.83. The number of anilines is 1. The molecule has 0 aliphatic carbocycles. The van der Waals surface area contributed by atoms with E-state index in [1.165, 1.54) is 30.3 Å². The fraction of sp³-hybridized carbons (Fsp3) is 0.0909. The van der Waals surface area contributed by atoms with Crippen molar-refractivity contribution in [1.29, 1.82) is 0 Å². The molecule has 3 aromatic rings. The van der Waals surface area contributed by atoms with Gasteiger partial charge < -0.3 is 9.47 Å². The molecule has 0 saturated carbocycles. The third-order valence-electron chi connectivity index (χ3n) is 4.60. The molecule has 0 saturated heterocycles. The zero-order chi connectivity index (χ0) is 23.4. The number of hydrazine groups is 1. The second kappa shape index (κ2) is 9.17. The number of carbonyl (C=O) groups excluding carboxylic acids is 2. The number of ether oxygens (including phenoxy) is 2. The van der Waals surface area contributed by atoms with Gasteiger partial charge in [-0.05, 0) is 54.6 Å². The third-order valence-corrected chi connectivity index (χ3v) is 5.98. The summed E-state index contributed by atoms with van der Waals surface area (Å²) in [4.78, 5) is 24.6. The molecule has 3 aromatic carbocycles. The maximum absolute atomic E-state index is 13.0. The second-order valence-corrected chi connectivity index (χ2v) is 8.63. The Balaban J connectivity index is 1.38. The van der Waals surface area contributed by atoms with Gasteiger partial charge >= 0.3 is 0 Å². The van der Waals surface area contributed by atoms with E-state index < -0.39 is 33.8 Å². The van der Waals surface area contributed by atoms with Gasteiger partial charge in [0, 0.05) is 11.3 Å². The van der Waals surface area contributed by atoms with E-state index >= 15 is 0 Å². The summed E-state index contributed by atoms with van der Waals surface area (Å²) >= 11 is 0. The highest BCUT2D eigenvalue weighted by molar-refractivity contribution is 7.92. The van der Waals surface area contributed by atoms with E-state index in [-0.39, 0.29) is 22.8 Å². The van der Waals surface area contributed by atoms with Crippen LogP contribution in [0.5, 0.6) is 11.5 Å². The Bertz CT molecular complexity index is 1300. The molecule has 0 radical (unpaired) electrons. The largest absolute Gasteiger partial charge is 0.485 e. The molecule has 2 amide bonds. The Morgan fingerprint density at radius 3 is 2.39 bits per heavy atom. The predicted octanol–water partition coefficient (Wildman–Crippen LogP) is 2.23. The highest BCUT2D eigenvalue weighted by atomic mass is 32.2. The highest BCUT2D eigenvalue weighted by Gasteiger charge is 2.27. The van der Waals surface area contributed by atoms with Crippen LogP contribution in [0.1, 0.15) is 10.4 Å². The first-order chi connectivity index (χ1) is 15.8. The number of para-hydroxylation sites is 2. The number of carbonyl (C=O) groups is 2. The van der Waals surface area contributed by atoms with Gasteiger partial charge in [-0.3, -0.25) is 25.2 Å². The summed E-state index contributed by atoms with van der Waals surface area (Å²) in [7, 11) is -4.04. The lowest BCUT2D eigenvalue weighted by molar-refractivity contribution is -0.131. The topological polar surface area (TPSA) is 123 Å². The van der Waals surface area contributed by atoms with Crippen molar-refractivity contribution in [2.24, 2.45) is 0 Å². The minimum atomic E-state index is -4.04. The molecule has 0 aromatic heterocycles. The van der Waals surface area contributed by atoms with Crippen molar-refractivity contribution in [2.75, 3.05) is 11.3 Å². The van der Waals surface area contributed by atoms with Crippen molar-refractivity contribution in [2.45, 2.75) is 11.0 Å². The number of amides is 2. The molecule has 1 aliphatic rings. The molecule has 1 heterocycles. The Morgan fingerprint density at radius 2 is 1.64 bits per heavy atom. The van der Waals surface area contributed by atoms with Crippen LogP contribution in [-0.2, 0) is 14.8 Å². The molecule has 0 spiro atoms. The first-order valence-corrected chi connectivity index (χ1v) is 11.2. The minimum Gasteiger partial charge on any atom is -0.485 e. The summed E-state index contributed by atoms with van der Waals surface area (Å²) in [5.74, 6) is -0.966. The number of hydrogen-bond donors (Lipinski definition) is 3. The molecule has 9 nitrogen and oxygen atoms in total. The van der Waals surface area contributed by atoms with Gasteiger partial charge in [0.25, 0.3) is 21.8 Å². The van der Waals surface area contributed by atoms with Gasteiger partial charge in [-0.2, -0.15) is 0 Å². The Morgan fingerprint density at radius 1 is 0.909 bits per heavy atom. The number of hydrogen-bond acceptors (Lipinski definition) is 6. The van der Waals surface area contributed by atoms with E-state index in [2.05, 4.69) is 15.6 Å². The van der Waals surface area contributed by atoms with Crippen LogP contribution in [0.25, 0.3) is 0 Å². The first kappa shape index (κ1) is 22.1. The highest BCUT2D eigenvalue weighted by Crippen LogP contribution is 2.30. The third kappa shape index (κ3) is 5.21. The van der Waals surface area contributed by atoms with Crippen molar-refractivity contribution in [1.82, 2.24) is 10.9 Å². The fourth-order valence-electron chi connectivity index (χ4n) is 2.96. The first-order valence-electron chi connectivity index (χ1n) is 9.69. The van der Waals surface area contributed by atoms with E-state index in [0.717, 1.165) is 18.2 Å². The van der Waals surface area contributed by atoms with Gasteiger partial charge in [-0.1, -0.05) is 18.2 Å². The van der Waals surface area contributed by atoms with E-state index in [1.807, 2.05) is 0 Å². The minimum absolute atomic E-state index is 0.0107. The number of nitrogens with one attached hydrogen (secondary N) is 3. The standard InChI is InChI=1S/C22H18FN3O6S/c23-15-8-10-16(11-9-15)26-33(29,30)17-5-3-4-14(12-17)21(27)24-25-22(28)20-13-31-18-6-1-2-7-19(18)32-20/h1-12,20,26H,13H2,(H,24,27)(H,25,28). The van der Waals surface area contributed by atoms with Crippen LogP contribution < -0.4 is 25.0 Å². The Labute approximate surface area is 188 Å². The van der Waals surface area contributed by atoms with Crippen molar-refractivity contribution in [3.05, 3.63) is 84.2 Å². The molecule has 0 bridgehead atoms. The van der Waals surface area contributed by atoms with Crippen LogP contribution in [0.15, 0.2) is 77.7 Å². The summed E-state index contributed by atoms with van der Waals surface area (Å²) in [5, 5.41) is 0. The normalized spacial score (nSPS) is 14.8. The summed E-state index contributed by atoms with van der Waals surface area (Å²) in [5.41, 5.74) is 4.62. The SMILES string of the molecule is O=C(NNC(=O)C1COc2ccccc2O1)c1cccc(S(=O)(=O)Nc2ccc(F)cc2)c1. The van der Waals surface area contributed by atoms with Gasteiger partial charge in [0.05, 0.1) is 4.90 Å². The molecule has 4 rings (SSSR count). The Kier molecular flexibility index (Phi) is 6.13. The van der Waals surface area contributed by atoms with Crippen molar-refractivity contribution >= 4 is 27.5 Å². The van der Waals surface area contributed by atoms with Crippen LogP contribution in [0.4, 0.5) is 10.1 Å². The fourth-order valence-corrected chi connectivity index (χ4v) is 4.06. The monoisotopic (exact) mass is 471 g/mol. The van der Waals surface area contributed by atoms with Gasteiger partial charge in [-0.15, -0.1) is 0 Å². The van der Waals surface area contributed by atoms with Crippen molar-refractivity contribution in [3.8, 4) is 11.5 Å². The molecule has 11 heteroatoms. The average molecular weight is 471 g/mol. The second-order valence-electron chi connectivity index (χ2n) is 6.95. The zero-order valence-corrected chi connectivity index (χ0v) is 17.8. The van der Waals surface area contributed by atoms with Crippen LogP contribution in [-0.4, -0.2) is 32.9 Å². The maximum atomic E-state index is 13.0. The van der Waals surface area contributed by atoms with Crippen LogP contribution >= 0.6 is 0 Å². The summed E-state index contributed by atoms with van der Waals surface area (Å²) < 4.78 is 51.6. The molecule has 1 unspecified atom stereocenters. The summed E-state index contributed by atoms with van der Waals surface area (Å²) in [6.07, 6.45) is -0.980. The van der Waals surface area contributed by atoms with Gasteiger partial charge in [0.1, 0.15) is 12.4 Å². The molecule has 170 valence electrons. The Hall–Kier alpha value is -4.12. The lowest BCUT2D eigenvalue weighted by Gasteiger charge is -2.25. The maximum Gasteiger partial charge on any atom is 0.283 e. The van der Waals surface area contributed by atoms with Crippen LogP contribution in [0.3, 0.4) is 0 Å². The van der Waals surface area contributed by atoms with E-state index in [9.17, 15) is 22.4 Å².